The Labute approximate surface area is 93.7 Å². The summed E-state index contributed by atoms with van der Waals surface area (Å²) in [6, 6.07) is 0.420. The van der Waals surface area contributed by atoms with E-state index in [0.717, 1.165) is 12.8 Å². The molecular formula is C10H15N5O. The minimum Gasteiger partial charge on any atom is -0.382 e. The molecule has 1 saturated carbocycles. The summed E-state index contributed by atoms with van der Waals surface area (Å²) >= 11 is 0. The molecule has 2 rings (SSSR count). The van der Waals surface area contributed by atoms with Crippen LogP contribution in [0.5, 0.6) is 0 Å². The van der Waals surface area contributed by atoms with Gasteiger partial charge in [-0.05, 0) is 12.8 Å². The Morgan fingerprint density at radius 1 is 1.44 bits per heavy atom. The SMILES string of the molecule is Nc1cnc(NCCC(=O)NC2CC2)cn1. The van der Waals surface area contributed by atoms with Crippen LogP contribution in [0, 0.1) is 0 Å². The van der Waals surface area contributed by atoms with Gasteiger partial charge in [0.1, 0.15) is 11.6 Å². The Hall–Kier alpha value is -1.85. The lowest BCUT2D eigenvalue weighted by Crippen LogP contribution is -2.27. The van der Waals surface area contributed by atoms with Crippen molar-refractivity contribution in [2.75, 3.05) is 17.6 Å². The molecule has 86 valence electrons. The van der Waals surface area contributed by atoms with Crippen LogP contribution in [-0.4, -0.2) is 28.5 Å². The Bertz CT molecular complexity index is 360. The topological polar surface area (TPSA) is 92.9 Å². The van der Waals surface area contributed by atoms with E-state index in [1.165, 1.54) is 6.20 Å². The fourth-order valence-electron chi connectivity index (χ4n) is 1.26. The van der Waals surface area contributed by atoms with Crippen molar-refractivity contribution in [2.45, 2.75) is 25.3 Å². The van der Waals surface area contributed by atoms with Crippen LogP contribution in [0.25, 0.3) is 0 Å². The molecule has 0 saturated heterocycles. The maximum Gasteiger partial charge on any atom is 0.221 e. The highest BCUT2D eigenvalue weighted by atomic mass is 16.1. The molecule has 0 atom stereocenters. The molecule has 4 N–H and O–H groups in total. The van der Waals surface area contributed by atoms with Gasteiger partial charge < -0.3 is 16.4 Å². The number of amides is 1. The van der Waals surface area contributed by atoms with Crippen molar-refractivity contribution in [1.82, 2.24) is 15.3 Å². The standard InChI is InChI=1S/C10H15N5O/c11-8-5-14-9(6-13-8)12-4-3-10(16)15-7-1-2-7/h5-7H,1-4H2,(H2,11,13)(H,12,14)(H,15,16). The molecule has 0 radical (unpaired) electrons. The fourth-order valence-corrected chi connectivity index (χ4v) is 1.26. The van der Waals surface area contributed by atoms with Crippen molar-refractivity contribution in [1.29, 1.82) is 0 Å². The number of nitrogens with one attached hydrogen (secondary N) is 2. The van der Waals surface area contributed by atoms with Crippen LogP contribution in [0.3, 0.4) is 0 Å². The predicted molar refractivity (Wildman–Crippen MR) is 60.7 cm³/mol. The normalized spacial score (nSPS) is 14.5. The van der Waals surface area contributed by atoms with Gasteiger partial charge in [-0.15, -0.1) is 0 Å². The third-order valence-electron chi connectivity index (χ3n) is 2.27. The average Bonchev–Trinajstić information content (AvgIpc) is 3.05. The average molecular weight is 221 g/mol. The summed E-state index contributed by atoms with van der Waals surface area (Å²) in [4.78, 5) is 19.2. The van der Waals surface area contributed by atoms with Crippen molar-refractivity contribution < 1.29 is 4.79 Å². The van der Waals surface area contributed by atoms with Gasteiger partial charge in [-0.2, -0.15) is 0 Å². The molecule has 16 heavy (non-hydrogen) atoms. The van der Waals surface area contributed by atoms with Gasteiger partial charge in [0.2, 0.25) is 5.91 Å². The van der Waals surface area contributed by atoms with E-state index in [4.69, 9.17) is 5.73 Å². The molecule has 1 aromatic heterocycles. The number of hydrogen-bond donors (Lipinski definition) is 3. The zero-order valence-corrected chi connectivity index (χ0v) is 8.94. The lowest BCUT2D eigenvalue weighted by molar-refractivity contribution is -0.120. The van der Waals surface area contributed by atoms with Crippen LogP contribution >= 0.6 is 0 Å². The molecule has 0 unspecified atom stereocenters. The Morgan fingerprint density at radius 2 is 2.25 bits per heavy atom. The van der Waals surface area contributed by atoms with E-state index in [2.05, 4.69) is 20.6 Å². The van der Waals surface area contributed by atoms with Crippen molar-refractivity contribution in [3.05, 3.63) is 12.4 Å². The molecule has 1 aliphatic rings. The summed E-state index contributed by atoms with van der Waals surface area (Å²) in [6.45, 7) is 0.553. The molecule has 0 bridgehead atoms. The second kappa shape index (κ2) is 4.78. The smallest absolute Gasteiger partial charge is 0.221 e. The maximum atomic E-state index is 11.3. The Balaban J connectivity index is 1.66. The van der Waals surface area contributed by atoms with Crippen LogP contribution in [0.2, 0.25) is 0 Å². The van der Waals surface area contributed by atoms with E-state index in [-0.39, 0.29) is 5.91 Å². The predicted octanol–water partition coefficient (Wildman–Crippen LogP) is 0.139. The monoisotopic (exact) mass is 221 g/mol. The number of rotatable bonds is 5. The molecule has 1 amide bonds. The van der Waals surface area contributed by atoms with E-state index in [1.807, 2.05) is 0 Å². The van der Waals surface area contributed by atoms with Gasteiger partial charge in [-0.25, -0.2) is 9.97 Å². The number of nitrogens with two attached hydrogens (primary N) is 1. The lowest BCUT2D eigenvalue weighted by atomic mass is 10.4. The first kappa shape index (κ1) is 10.7. The summed E-state index contributed by atoms with van der Waals surface area (Å²) in [5, 5.41) is 5.92. The lowest BCUT2D eigenvalue weighted by Gasteiger charge is -2.05. The molecule has 0 spiro atoms. The first-order valence-corrected chi connectivity index (χ1v) is 5.35. The van der Waals surface area contributed by atoms with Gasteiger partial charge in [0.15, 0.2) is 0 Å². The van der Waals surface area contributed by atoms with Gasteiger partial charge >= 0.3 is 0 Å². The zero-order chi connectivity index (χ0) is 11.4. The summed E-state index contributed by atoms with van der Waals surface area (Å²) < 4.78 is 0. The number of nitrogen functional groups attached to an aromatic ring is 1. The van der Waals surface area contributed by atoms with Crippen molar-refractivity contribution in [2.24, 2.45) is 0 Å². The fraction of sp³-hybridized carbons (Fsp3) is 0.500. The van der Waals surface area contributed by atoms with E-state index >= 15 is 0 Å². The molecule has 0 aliphatic heterocycles. The highest BCUT2D eigenvalue weighted by molar-refractivity contribution is 5.77. The minimum atomic E-state index is 0.0819. The van der Waals surface area contributed by atoms with E-state index in [0.29, 0.717) is 30.6 Å². The number of nitrogens with zero attached hydrogens (tertiary/aromatic N) is 2. The van der Waals surface area contributed by atoms with E-state index < -0.39 is 0 Å². The molecule has 1 aliphatic carbocycles. The van der Waals surface area contributed by atoms with Crippen molar-refractivity contribution in [3.8, 4) is 0 Å². The van der Waals surface area contributed by atoms with Crippen molar-refractivity contribution >= 4 is 17.5 Å². The highest BCUT2D eigenvalue weighted by Crippen LogP contribution is 2.18. The summed E-state index contributed by atoms with van der Waals surface area (Å²) in [5.74, 6) is 1.10. The first-order chi connectivity index (χ1) is 7.74. The van der Waals surface area contributed by atoms with Gasteiger partial charge in [-0.1, -0.05) is 0 Å². The number of carbonyl (C=O) groups excluding carboxylic acids is 1. The van der Waals surface area contributed by atoms with Crippen molar-refractivity contribution in [3.63, 3.8) is 0 Å². The van der Waals surface area contributed by atoms with Gasteiger partial charge in [0.05, 0.1) is 12.4 Å². The number of carbonyl (C=O) groups is 1. The summed E-state index contributed by atoms with van der Waals surface area (Å²) in [6.07, 6.45) is 5.70. The Morgan fingerprint density at radius 3 is 2.88 bits per heavy atom. The molecule has 6 heteroatoms. The van der Waals surface area contributed by atoms with Gasteiger partial charge in [-0.3, -0.25) is 4.79 Å². The molecule has 1 heterocycles. The zero-order valence-electron chi connectivity index (χ0n) is 8.94. The van der Waals surface area contributed by atoms with Gasteiger partial charge in [0, 0.05) is 19.0 Å². The molecule has 1 aromatic rings. The third kappa shape index (κ3) is 3.38. The second-order valence-corrected chi connectivity index (χ2v) is 3.85. The van der Waals surface area contributed by atoms with Crippen LogP contribution in [0.4, 0.5) is 11.6 Å². The minimum absolute atomic E-state index is 0.0819. The number of anilines is 2. The molecule has 6 nitrogen and oxygen atoms in total. The number of hydrogen-bond acceptors (Lipinski definition) is 5. The summed E-state index contributed by atoms with van der Waals surface area (Å²) in [5.41, 5.74) is 5.40. The molecule has 1 fully saturated rings. The first-order valence-electron chi connectivity index (χ1n) is 5.35. The van der Waals surface area contributed by atoms with Crippen LogP contribution in [0.15, 0.2) is 12.4 Å². The summed E-state index contributed by atoms with van der Waals surface area (Å²) in [7, 11) is 0. The van der Waals surface area contributed by atoms with E-state index in [9.17, 15) is 4.79 Å². The van der Waals surface area contributed by atoms with Crippen LogP contribution < -0.4 is 16.4 Å². The largest absolute Gasteiger partial charge is 0.382 e. The van der Waals surface area contributed by atoms with Crippen LogP contribution in [-0.2, 0) is 4.79 Å². The second-order valence-electron chi connectivity index (χ2n) is 3.85. The third-order valence-corrected chi connectivity index (χ3v) is 2.27. The van der Waals surface area contributed by atoms with E-state index in [1.54, 1.807) is 6.20 Å². The quantitative estimate of drug-likeness (QED) is 0.657. The van der Waals surface area contributed by atoms with Crippen LogP contribution in [0.1, 0.15) is 19.3 Å². The number of aromatic nitrogens is 2. The molecule has 0 aromatic carbocycles. The van der Waals surface area contributed by atoms with Gasteiger partial charge in [0.25, 0.3) is 0 Å². The highest BCUT2D eigenvalue weighted by Gasteiger charge is 2.22. The maximum absolute atomic E-state index is 11.3. The Kier molecular flexibility index (Phi) is 3.19. The molecular weight excluding hydrogens is 206 g/mol.